The van der Waals surface area contributed by atoms with Crippen LogP contribution in [0, 0.1) is 5.92 Å². The van der Waals surface area contributed by atoms with E-state index < -0.39 is 0 Å². The maximum absolute atomic E-state index is 11.6. The summed E-state index contributed by atoms with van der Waals surface area (Å²) >= 11 is 0. The van der Waals surface area contributed by atoms with Gasteiger partial charge in [-0.05, 0) is 32.2 Å². The van der Waals surface area contributed by atoms with Gasteiger partial charge in [-0.3, -0.25) is 4.79 Å². The molecule has 2 fully saturated rings. The van der Waals surface area contributed by atoms with Gasteiger partial charge in [0.2, 0.25) is 0 Å². The first-order valence-corrected chi connectivity index (χ1v) is 6.66. The van der Waals surface area contributed by atoms with E-state index in [1.54, 1.807) is 0 Å². The highest BCUT2D eigenvalue weighted by Gasteiger charge is 2.27. The molecule has 16 heavy (non-hydrogen) atoms. The molecule has 0 aromatic heterocycles. The van der Waals surface area contributed by atoms with Crippen molar-refractivity contribution in [1.29, 1.82) is 0 Å². The zero-order valence-corrected chi connectivity index (χ0v) is 10.3. The van der Waals surface area contributed by atoms with Gasteiger partial charge in [-0.2, -0.15) is 0 Å². The van der Waals surface area contributed by atoms with Gasteiger partial charge in [-0.15, -0.1) is 0 Å². The molecule has 0 N–H and O–H groups in total. The van der Waals surface area contributed by atoms with E-state index in [9.17, 15) is 4.79 Å². The molecule has 3 heteroatoms. The van der Waals surface area contributed by atoms with Crippen molar-refractivity contribution in [3.8, 4) is 0 Å². The molecule has 1 aliphatic heterocycles. The van der Waals surface area contributed by atoms with Gasteiger partial charge >= 0.3 is 0 Å². The summed E-state index contributed by atoms with van der Waals surface area (Å²) in [6.07, 6.45) is 5.81. The molecule has 2 atom stereocenters. The number of carbonyl (C=O) groups excluding carboxylic acids is 1. The fourth-order valence-electron chi connectivity index (χ4n) is 2.80. The van der Waals surface area contributed by atoms with Crippen molar-refractivity contribution in [2.75, 3.05) is 26.2 Å². The second-order valence-electron chi connectivity index (χ2n) is 5.04. The van der Waals surface area contributed by atoms with Crippen LogP contribution in [0.3, 0.4) is 0 Å². The van der Waals surface area contributed by atoms with Crippen molar-refractivity contribution < 1.29 is 9.53 Å². The van der Waals surface area contributed by atoms with Crippen molar-refractivity contribution >= 4 is 5.78 Å². The monoisotopic (exact) mass is 225 g/mol. The van der Waals surface area contributed by atoms with Crippen molar-refractivity contribution in [2.24, 2.45) is 5.92 Å². The van der Waals surface area contributed by atoms with Gasteiger partial charge in [0, 0.05) is 32.0 Å². The second kappa shape index (κ2) is 5.78. The van der Waals surface area contributed by atoms with Gasteiger partial charge in [0.25, 0.3) is 0 Å². The highest BCUT2D eigenvalue weighted by molar-refractivity contribution is 5.83. The molecule has 92 valence electrons. The Morgan fingerprint density at radius 1 is 1.31 bits per heavy atom. The molecule has 1 aliphatic carbocycles. The average molecular weight is 225 g/mol. The number of carbonyl (C=O) groups is 1. The summed E-state index contributed by atoms with van der Waals surface area (Å²) in [6, 6.07) is 0. The lowest BCUT2D eigenvalue weighted by Gasteiger charge is -2.25. The lowest BCUT2D eigenvalue weighted by Crippen LogP contribution is -2.36. The maximum Gasteiger partial charge on any atom is 0.137 e. The van der Waals surface area contributed by atoms with E-state index >= 15 is 0 Å². The Balaban J connectivity index is 1.77. The number of rotatable bonds is 5. The van der Waals surface area contributed by atoms with Crippen LogP contribution in [-0.4, -0.2) is 43.0 Å². The minimum atomic E-state index is 0.307. The summed E-state index contributed by atoms with van der Waals surface area (Å²) < 4.78 is 5.65. The predicted octanol–water partition coefficient (Wildman–Crippen LogP) is 1.86. The highest BCUT2D eigenvalue weighted by atomic mass is 16.5. The van der Waals surface area contributed by atoms with Gasteiger partial charge in [0.15, 0.2) is 0 Å². The molecule has 1 saturated heterocycles. The molecule has 3 nitrogen and oxygen atoms in total. The first-order valence-electron chi connectivity index (χ1n) is 6.66. The molecular formula is C13H23NO2. The Bertz CT molecular complexity index is 236. The summed E-state index contributed by atoms with van der Waals surface area (Å²) in [5.41, 5.74) is 0. The first kappa shape index (κ1) is 12.1. The first-order chi connectivity index (χ1) is 7.79. The van der Waals surface area contributed by atoms with Gasteiger partial charge < -0.3 is 9.64 Å². The molecule has 2 rings (SSSR count). The predicted molar refractivity (Wildman–Crippen MR) is 63.4 cm³/mol. The molecule has 0 spiro atoms. The third kappa shape index (κ3) is 3.05. The minimum absolute atomic E-state index is 0.307. The Kier molecular flexibility index (Phi) is 4.36. The largest absolute Gasteiger partial charge is 0.377 e. The van der Waals surface area contributed by atoms with Crippen molar-refractivity contribution in [3.63, 3.8) is 0 Å². The topological polar surface area (TPSA) is 29.5 Å². The molecule has 0 radical (unpaired) electrons. The van der Waals surface area contributed by atoms with Crippen LogP contribution in [0.4, 0.5) is 0 Å². The number of likely N-dealkylation sites (N-methyl/N-ethyl adjacent to an activating group) is 1. The quantitative estimate of drug-likeness (QED) is 0.715. The van der Waals surface area contributed by atoms with Crippen LogP contribution in [0.2, 0.25) is 0 Å². The van der Waals surface area contributed by atoms with Crippen LogP contribution in [0.5, 0.6) is 0 Å². The van der Waals surface area contributed by atoms with Crippen LogP contribution < -0.4 is 0 Å². The van der Waals surface area contributed by atoms with E-state index in [1.165, 1.54) is 12.8 Å². The van der Waals surface area contributed by atoms with Gasteiger partial charge in [0.1, 0.15) is 5.78 Å². The third-order valence-electron chi connectivity index (χ3n) is 3.84. The molecule has 0 amide bonds. The Morgan fingerprint density at radius 2 is 2.19 bits per heavy atom. The number of hydrogen-bond acceptors (Lipinski definition) is 3. The molecule has 0 aromatic carbocycles. The summed E-state index contributed by atoms with van der Waals surface area (Å²) in [5, 5.41) is 0. The number of ether oxygens (including phenoxy) is 1. The number of Topliss-reactive ketones (excluding diaryl/α,β-unsaturated/α-hetero) is 1. The van der Waals surface area contributed by atoms with Crippen molar-refractivity contribution in [1.82, 2.24) is 4.90 Å². The van der Waals surface area contributed by atoms with E-state index in [2.05, 4.69) is 11.8 Å². The van der Waals surface area contributed by atoms with Crippen molar-refractivity contribution in [3.05, 3.63) is 0 Å². The van der Waals surface area contributed by atoms with Crippen LogP contribution in [0.15, 0.2) is 0 Å². The van der Waals surface area contributed by atoms with Crippen LogP contribution >= 0.6 is 0 Å². The molecule has 0 aromatic rings. The lowest BCUT2D eigenvalue weighted by atomic mass is 10.1. The van der Waals surface area contributed by atoms with E-state index in [0.717, 1.165) is 45.5 Å². The molecule has 2 unspecified atom stereocenters. The van der Waals surface area contributed by atoms with E-state index in [1.807, 2.05) is 0 Å². The molecule has 2 aliphatic rings. The molecule has 0 bridgehead atoms. The van der Waals surface area contributed by atoms with E-state index in [-0.39, 0.29) is 0 Å². The number of nitrogens with zero attached hydrogens (tertiary/aromatic N) is 1. The Labute approximate surface area is 98.1 Å². The molecular weight excluding hydrogens is 202 g/mol. The Hall–Kier alpha value is -0.410. The number of hydrogen-bond donors (Lipinski definition) is 0. The normalized spacial score (nSPS) is 30.5. The SMILES string of the molecule is CCN(CC1CCCO1)CC1CCCC1=O. The van der Waals surface area contributed by atoms with E-state index in [0.29, 0.717) is 17.8 Å². The smallest absolute Gasteiger partial charge is 0.137 e. The van der Waals surface area contributed by atoms with Gasteiger partial charge in [-0.25, -0.2) is 0 Å². The fourth-order valence-corrected chi connectivity index (χ4v) is 2.80. The second-order valence-corrected chi connectivity index (χ2v) is 5.04. The zero-order chi connectivity index (χ0) is 11.4. The van der Waals surface area contributed by atoms with Crippen LogP contribution in [0.25, 0.3) is 0 Å². The summed E-state index contributed by atoms with van der Waals surface area (Å²) in [4.78, 5) is 14.0. The zero-order valence-electron chi connectivity index (χ0n) is 10.3. The lowest BCUT2D eigenvalue weighted by molar-refractivity contribution is -0.121. The maximum atomic E-state index is 11.6. The average Bonchev–Trinajstić information content (AvgIpc) is 2.90. The highest BCUT2D eigenvalue weighted by Crippen LogP contribution is 2.23. The van der Waals surface area contributed by atoms with Crippen molar-refractivity contribution in [2.45, 2.75) is 45.1 Å². The summed E-state index contributed by atoms with van der Waals surface area (Å²) in [6.45, 7) is 6.10. The van der Waals surface area contributed by atoms with Crippen LogP contribution in [0.1, 0.15) is 39.0 Å². The van der Waals surface area contributed by atoms with Crippen LogP contribution in [-0.2, 0) is 9.53 Å². The fraction of sp³-hybridized carbons (Fsp3) is 0.923. The Morgan fingerprint density at radius 3 is 2.75 bits per heavy atom. The summed E-state index contributed by atoms with van der Waals surface area (Å²) in [5.74, 6) is 0.784. The molecule has 1 heterocycles. The van der Waals surface area contributed by atoms with Gasteiger partial charge in [-0.1, -0.05) is 6.92 Å². The van der Waals surface area contributed by atoms with Gasteiger partial charge in [0.05, 0.1) is 6.10 Å². The standard InChI is InChI=1S/C13H23NO2/c1-2-14(10-12-6-4-8-16-12)9-11-5-3-7-13(11)15/h11-12H,2-10H2,1H3. The molecule has 1 saturated carbocycles. The number of ketones is 1. The minimum Gasteiger partial charge on any atom is -0.377 e. The van der Waals surface area contributed by atoms with E-state index in [4.69, 9.17) is 4.74 Å². The summed E-state index contributed by atoms with van der Waals surface area (Å²) in [7, 11) is 0. The third-order valence-corrected chi connectivity index (χ3v) is 3.84.